The van der Waals surface area contributed by atoms with E-state index in [0.29, 0.717) is 39.3 Å². The molecule has 0 N–H and O–H groups in total. The Kier molecular flexibility index (Phi) is 11.3. The number of amides is 2. The molecule has 0 spiro atoms. The molecule has 2 aromatic rings. The molecular weight excluding hydrogens is 501 g/mol. The molecule has 2 amide bonds. The molecule has 0 bridgehead atoms. The van der Waals surface area contributed by atoms with Gasteiger partial charge < -0.3 is 14.5 Å². The van der Waals surface area contributed by atoms with Crippen LogP contribution < -0.4 is 0 Å². The summed E-state index contributed by atoms with van der Waals surface area (Å²) >= 11 is 1.62. The lowest BCUT2D eigenvalue weighted by Gasteiger charge is -2.32. The van der Waals surface area contributed by atoms with E-state index in [4.69, 9.17) is 4.74 Å². The van der Waals surface area contributed by atoms with E-state index in [0.717, 1.165) is 42.1 Å². The molecule has 1 fully saturated rings. The average Bonchev–Trinajstić information content (AvgIpc) is 3.26. The van der Waals surface area contributed by atoms with Gasteiger partial charge in [-0.25, -0.2) is 4.39 Å². The first-order chi connectivity index (χ1) is 18.0. The summed E-state index contributed by atoms with van der Waals surface area (Å²) in [6.45, 7) is 15.9. The van der Waals surface area contributed by atoms with E-state index in [1.807, 2.05) is 12.3 Å². The van der Waals surface area contributed by atoms with Crippen LogP contribution in [0.4, 0.5) is 4.39 Å². The zero-order valence-electron chi connectivity index (χ0n) is 23.7. The minimum Gasteiger partial charge on any atom is -0.379 e. The number of halogens is 1. The molecule has 38 heavy (non-hydrogen) atoms. The van der Waals surface area contributed by atoms with Crippen LogP contribution in [-0.2, 0) is 27.4 Å². The number of morpholine rings is 1. The fraction of sp³-hybridized carbons (Fsp3) is 0.600. The molecule has 1 atom stereocenters. The molecule has 0 aliphatic carbocycles. The summed E-state index contributed by atoms with van der Waals surface area (Å²) in [5.41, 5.74) is 2.14. The smallest absolute Gasteiger partial charge is 0.242 e. The monoisotopic (exact) mass is 545 g/mol. The molecule has 6 nitrogen and oxygen atoms in total. The van der Waals surface area contributed by atoms with Crippen LogP contribution in [0.3, 0.4) is 0 Å². The van der Waals surface area contributed by atoms with Gasteiger partial charge in [0, 0.05) is 44.0 Å². The maximum absolute atomic E-state index is 13.8. The highest BCUT2D eigenvalue weighted by Crippen LogP contribution is 2.26. The number of benzene rings is 1. The highest BCUT2D eigenvalue weighted by molar-refractivity contribution is 7.10. The molecule has 0 saturated carbocycles. The molecule has 8 heteroatoms. The number of aryl methyl sites for hydroxylation is 1. The van der Waals surface area contributed by atoms with E-state index in [9.17, 15) is 14.0 Å². The van der Waals surface area contributed by atoms with Crippen molar-refractivity contribution in [1.82, 2.24) is 14.7 Å². The standard InChI is InChI=1S/C30H44FN3O3S/c1-23(19-30(3,4)5)18-28(35)33(12-11-32-13-15-37-16-14-32)22-29(36)34(21-27-24(2)10-17-38-27)20-25-6-8-26(31)9-7-25/h6-10,17,23H,11-16,18-22H2,1-5H3. The summed E-state index contributed by atoms with van der Waals surface area (Å²) in [6.07, 6.45) is 1.37. The Bertz CT molecular complexity index is 1030. The van der Waals surface area contributed by atoms with Crippen LogP contribution in [0.15, 0.2) is 35.7 Å². The van der Waals surface area contributed by atoms with E-state index in [-0.39, 0.29) is 35.5 Å². The third-order valence-electron chi connectivity index (χ3n) is 6.89. The molecule has 1 aliphatic rings. The van der Waals surface area contributed by atoms with Gasteiger partial charge in [-0.1, -0.05) is 39.8 Å². The number of rotatable bonds is 12. The van der Waals surface area contributed by atoms with Crippen molar-refractivity contribution in [3.63, 3.8) is 0 Å². The number of hydrogen-bond donors (Lipinski definition) is 0. The van der Waals surface area contributed by atoms with Gasteiger partial charge in [-0.2, -0.15) is 0 Å². The molecule has 1 aromatic heterocycles. The normalized spacial score (nSPS) is 15.3. The number of hydrogen-bond acceptors (Lipinski definition) is 5. The van der Waals surface area contributed by atoms with Crippen LogP contribution in [0.5, 0.6) is 0 Å². The molecule has 3 rings (SSSR count). The minimum absolute atomic E-state index is 0.0254. The van der Waals surface area contributed by atoms with Gasteiger partial charge in [-0.3, -0.25) is 14.5 Å². The summed E-state index contributed by atoms with van der Waals surface area (Å²) in [4.78, 5) is 34.2. The van der Waals surface area contributed by atoms with Crippen molar-refractivity contribution >= 4 is 23.2 Å². The van der Waals surface area contributed by atoms with Gasteiger partial charge in [0.25, 0.3) is 0 Å². The molecule has 1 aromatic carbocycles. The van der Waals surface area contributed by atoms with Crippen LogP contribution in [0.1, 0.15) is 56.5 Å². The predicted octanol–water partition coefficient (Wildman–Crippen LogP) is 5.35. The fourth-order valence-electron chi connectivity index (χ4n) is 4.97. The molecule has 210 valence electrons. The van der Waals surface area contributed by atoms with Gasteiger partial charge in [0.2, 0.25) is 11.8 Å². The van der Waals surface area contributed by atoms with Crippen LogP contribution in [0.25, 0.3) is 0 Å². The van der Waals surface area contributed by atoms with Crippen molar-refractivity contribution in [2.75, 3.05) is 45.9 Å². The minimum atomic E-state index is -0.301. The second-order valence-electron chi connectivity index (χ2n) is 11.7. The number of nitrogens with zero attached hydrogens (tertiary/aromatic N) is 3. The third-order valence-corrected chi connectivity index (χ3v) is 7.90. The van der Waals surface area contributed by atoms with Crippen LogP contribution in [0.2, 0.25) is 0 Å². The van der Waals surface area contributed by atoms with Crippen molar-refractivity contribution in [2.24, 2.45) is 11.3 Å². The second-order valence-corrected chi connectivity index (χ2v) is 12.7. The van der Waals surface area contributed by atoms with Crippen LogP contribution in [-0.4, -0.2) is 72.5 Å². The van der Waals surface area contributed by atoms with Crippen LogP contribution in [0, 0.1) is 24.1 Å². The van der Waals surface area contributed by atoms with Crippen molar-refractivity contribution in [1.29, 1.82) is 0 Å². The van der Waals surface area contributed by atoms with E-state index in [1.54, 1.807) is 33.3 Å². The maximum atomic E-state index is 13.8. The number of carbonyl (C=O) groups excluding carboxylic acids is 2. The molecular formula is C30H44FN3O3S. The average molecular weight is 546 g/mol. The molecule has 1 unspecified atom stereocenters. The Labute approximate surface area is 231 Å². The first-order valence-corrected chi connectivity index (χ1v) is 14.5. The van der Waals surface area contributed by atoms with Crippen molar-refractivity contribution in [3.05, 3.63) is 57.5 Å². The van der Waals surface area contributed by atoms with Gasteiger partial charge in [0.1, 0.15) is 5.82 Å². The Morgan fingerprint density at radius 1 is 1.05 bits per heavy atom. The van der Waals surface area contributed by atoms with Gasteiger partial charge in [0.15, 0.2) is 0 Å². The Hall–Kier alpha value is -2.29. The summed E-state index contributed by atoms with van der Waals surface area (Å²) in [5, 5.41) is 2.03. The lowest BCUT2D eigenvalue weighted by molar-refractivity contribution is -0.142. The van der Waals surface area contributed by atoms with Crippen molar-refractivity contribution in [3.8, 4) is 0 Å². The molecule has 0 radical (unpaired) electrons. The first-order valence-electron chi connectivity index (χ1n) is 13.6. The van der Waals surface area contributed by atoms with Gasteiger partial charge in [0.05, 0.1) is 26.3 Å². The Morgan fingerprint density at radius 3 is 2.34 bits per heavy atom. The Balaban J connectivity index is 1.75. The zero-order chi connectivity index (χ0) is 27.7. The Morgan fingerprint density at radius 2 is 1.74 bits per heavy atom. The second kappa shape index (κ2) is 14.2. The summed E-state index contributed by atoms with van der Waals surface area (Å²) in [7, 11) is 0. The topological polar surface area (TPSA) is 53.1 Å². The van der Waals surface area contributed by atoms with Crippen molar-refractivity contribution < 1.29 is 18.7 Å². The lowest BCUT2D eigenvalue weighted by Crippen LogP contribution is -2.47. The van der Waals surface area contributed by atoms with E-state index in [1.165, 1.54) is 12.1 Å². The van der Waals surface area contributed by atoms with Crippen molar-refractivity contribution in [2.45, 2.75) is 60.5 Å². The third kappa shape index (κ3) is 10.1. The zero-order valence-corrected chi connectivity index (χ0v) is 24.5. The van der Waals surface area contributed by atoms with E-state index >= 15 is 0 Å². The van der Waals surface area contributed by atoms with E-state index in [2.05, 4.69) is 38.7 Å². The maximum Gasteiger partial charge on any atom is 0.242 e. The molecule has 1 aliphatic heterocycles. The molecule has 1 saturated heterocycles. The largest absolute Gasteiger partial charge is 0.379 e. The highest BCUT2D eigenvalue weighted by Gasteiger charge is 2.26. The van der Waals surface area contributed by atoms with Gasteiger partial charge in [-0.15, -0.1) is 11.3 Å². The predicted molar refractivity (Wildman–Crippen MR) is 151 cm³/mol. The number of thiophene rings is 1. The summed E-state index contributed by atoms with van der Waals surface area (Å²) in [6, 6.07) is 8.32. The summed E-state index contributed by atoms with van der Waals surface area (Å²) in [5.74, 6) is -0.143. The number of carbonyl (C=O) groups is 2. The van der Waals surface area contributed by atoms with Gasteiger partial charge >= 0.3 is 0 Å². The SMILES string of the molecule is Cc1ccsc1CN(Cc1ccc(F)cc1)C(=O)CN(CCN1CCOCC1)C(=O)CC(C)CC(C)(C)C. The quantitative estimate of drug-likeness (QED) is 0.361. The summed E-state index contributed by atoms with van der Waals surface area (Å²) < 4.78 is 19.0. The number of ether oxygens (including phenoxy) is 1. The first kappa shape index (κ1) is 30.3. The highest BCUT2D eigenvalue weighted by atomic mass is 32.1. The lowest BCUT2D eigenvalue weighted by atomic mass is 9.84. The van der Waals surface area contributed by atoms with Crippen LogP contribution >= 0.6 is 11.3 Å². The molecule has 2 heterocycles. The van der Waals surface area contributed by atoms with E-state index < -0.39 is 0 Å². The fourth-order valence-corrected chi connectivity index (χ4v) is 5.89. The van der Waals surface area contributed by atoms with Gasteiger partial charge in [-0.05, 0) is 59.4 Å².